The van der Waals surface area contributed by atoms with Crippen LogP contribution in [0.1, 0.15) is 29.0 Å². The molecule has 4 nitrogen and oxygen atoms in total. The molecule has 1 aromatic heterocycles. The molecule has 0 bridgehead atoms. The van der Waals surface area contributed by atoms with Gasteiger partial charge in [-0.2, -0.15) is 0 Å². The fourth-order valence-electron chi connectivity index (χ4n) is 6.76. The first-order chi connectivity index (χ1) is 23.3. The van der Waals surface area contributed by atoms with Crippen molar-refractivity contribution in [2.75, 3.05) is 0 Å². The summed E-state index contributed by atoms with van der Waals surface area (Å²) >= 11 is 0. The van der Waals surface area contributed by atoms with Crippen LogP contribution in [0.15, 0.2) is 173 Å². The molecule has 2 heterocycles. The Morgan fingerprint density at radius 2 is 1.15 bits per heavy atom. The normalized spacial score (nSPS) is 16.3. The molecular weight excluding hydrogens is 574 g/mol. The fourth-order valence-corrected chi connectivity index (χ4v) is 6.76. The van der Waals surface area contributed by atoms with Crippen molar-refractivity contribution < 1.29 is 4.42 Å². The Morgan fingerprint density at radius 3 is 1.94 bits per heavy atom. The van der Waals surface area contributed by atoms with Gasteiger partial charge in [0.15, 0.2) is 0 Å². The van der Waals surface area contributed by atoms with E-state index in [1.54, 1.807) is 0 Å². The molecule has 9 rings (SSSR count). The Labute approximate surface area is 273 Å². The number of nitrogens with zero attached hydrogens (tertiary/aromatic N) is 1. The van der Waals surface area contributed by atoms with E-state index in [9.17, 15) is 0 Å². The minimum absolute atomic E-state index is 0.112. The maximum atomic E-state index is 6.42. The van der Waals surface area contributed by atoms with Crippen LogP contribution in [-0.4, -0.2) is 5.84 Å². The van der Waals surface area contributed by atoms with Crippen LogP contribution in [0.5, 0.6) is 0 Å². The lowest BCUT2D eigenvalue weighted by Gasteiger charge is -2.32. The van der Waals surface area contributed by atoms with E-state index in [1.807, 2.05) is 24.3 Å². The SMILES string of the molecule is c1ccc(C2=NC(c3cccc4oc5ccc(-c6ccc(-c7ccc8ccccc8c7)cc6)cc5c34)NC(c3ccccc3)N2)cc1. The molecule has 2 unspecified atom stereocenters. The summed E-state index contributed by atoms with van der Waals surface area (Å²) in [4.78, 5) is 5.23. The van der Waals surface area contributed by atoms with Crippen molar-refractivity contribution in [3.05, 3.63) is 180 Å². The Bertz CT molecular complexity index is 2410. The summed E-state index contributed by atoms with van der Waals surface area (Å²) < 4.78 is 6.42. The van der Waals surface area contributed by atoms with Crippen LogP contribution in [0.25, 0.3) is 55.0 Å². The van der Waals surface area contributed by atoms with E-state index in [4.69, 9.17) is 9.41 Å². The number of aliphatic imine (C=N–C) groups is 1. The van der Waals surface area contributed by atoms with Gasteiger partial charge in [0.2, 0.25) is 0 Å². The van der Waals surface area contributed by atoms with Crippen LogP contribution in [0.4, 0.5) is 0 Å². The van der Waals surface area contributed by atoms with Gasteiger partial charge in [-0.25, -0.2) is 4.99 Å². The predicted octanol–water partition coefficient (Wildman–Crippen LogP) is 10.4. The molecule has 47 heavy (non-hydrogen) atoms. The monoisotopic (exact) mass is 605 g/mol. The molecule has 0 saturated heterocycles. The summed E-state index contributed by atoms with van der Waals surface area (Å²) in [5.41, 5.74) is 9.74. The van der Waals surface area contributed by atoms with Gasteiger partial charge in [0.1, 0.15) is 29.3 Å². The van der Waals surface area contributed by atoms with Crippen molar-refractivity contribution in [1.82, 2.24) is 10.6 Å². The summed E-state index contributed by atoms with van der Waals surface area (Å²) in [6, 6.07) is 57.6. The second-order valence-electron chi connectivity index (χ2n) is 12.1. The molecule has 0 radical (unpaired) electrons. The van der Waals surface area contributed by atoms with Gasteiger partial charge in [-0.1, -0.05) is 140 Å². The third kappa shape index (κ3) is 5.05. The average molecular weight is 606 g/mol. The lowest BCUT2D eigenvalue weighted by atomic mass is 9.97. The highest BCUT2D eigenvalue weighted by Gasteiger charge is 2.27. The second-order valence-corrected chi connectivity index (χ2v) is 12.1. The minimum atomic E-state index is -0.286. The molecule has 1 aliphatic rings. The topological polar surface area (TPSA) is 49.6 Å². The van der Waals surface area contributed by atoms with Gasteiger partial charge in [0.25, 0.3) is 0 Å². The molecule has 0 fully saturated rings. The van der Waals surface area contributed by atoms with Gasteiger partial charge in [-0.3, -0.25) is 5.32 Å². The number of rotatable bonds is 5. The zero-order valence-electron chi connectivity index (χ0n) is 25.6. The standard InChI is InChI=1S/C43H31N3O/c1-3-11-31(12-4-1)41-44-42(32-13-5-2-6-14-32)46-43(45-41)36-16-9-17-39-40(36)37-27-35(24-25-38(37)47-39)30-20-18-29(19-21-30)34-23-22-28-10-7-8-15-33(28)26-34/h1-27,41,43,45H,(H,44,46). The minimum Gasteiger partial charge on any atom is -0.456 e. The van der Waals surface area contributed by atoms with Gasteiger partial charge >= 0.3 is 0 Å². The van der Waals surface area contributed by atoms with Crippen molar-refractivity contribution in [2.24, 2.45) is 4.99 Å². The van der Waals surface area contributed by atoms with Crippen LogP contribution in [0.2, 0.25) is 0 Å². The number of hydrogen-bond acceptors (Lipinski definition) is 4. The van der Waals surface area contributed by atoms with Gasteiger partial charge in [-0.15, -0.1) is 0 Å². The van der Waals surface area contributed by atoms with Crippen LogP contribution >= 0.6 is 0 Å². The first-order valence-electron chi connectivity index (χ1n) is 16.0. The van der Waals surface area contributed by atoms with Crippen LogP contribution < -0.4 is 10.6 Å². The average Bonchev–Trinajstić information content (AvgIpc) is 3.53. The van der Waals surface area contributed by atoms with Crippen LogP contribution in [-0.2, 0) is 0 Å². The lowest BCUT2D eigenvalue weighted by Crippen LogP contribution is -2.44. The van der Waals surface area contributed by atoms with Crippen LogP contribution in [0, 0.1) is 0 Å². The highest BCUT2D eigenvalue weighted by Crippen LogP contribution is 2.38. The van der Waals surface area contributed by atoms with E-state index in [2.05, 4.69) is 150 Å². The Kier molecular flexibility index (Phi) is 6.65. The van der Waals surface area contributed by atoms with Crippen molar-refractivity contribution in [3.8, 4) is 22.3 Å². The summed E-state index contributed by atoms with van der Waals surface area (Å²) in [6.45, 7) is 0. The van der Waals surface area contributed by atoms with Crippen molar-refractivity contribution in [1.29, 1.82) is 0 Å². The van der Waals surface area contributed by atoms with E-state index in [1.165, 1.54) is 21.9 Å². The molecule has 2 atom stereocenters. The zero-order chi connectivity index (χ0) is 31.2. The molecule has 0 saturated carbocycles. The molecule has 7 aromatic carbocycles. The molecule has 1 aliphatic heterocycles. The van der Waals surface area contributed by atoms with Crippen molar-refractivity contribution in [3.63, 3.8) is 0 Å². The van der Waals surface area contributed by atoms with Gasteiger partial charge in [0, 0.05) is 21.9 Å². The molecular formula is C43H31N3O. The first kappa shape index (κ1) is 27.3. The van der Waals surface area contributed by atoms with E-state index in [0.29, 0.717) is 0 Å². The van der Waals surface area contributed by atoms with Gasteiger partial charge in [-0.05, 0) is 62.9 Å². The number of furan rings is 1. The quantitative estimate of drug-likeness (QED) is 0.205. The molecule has 0 aliphatic carbocycles. The Balaban J connectivity index is 1.12. The number of fused-ring (bicyclic) bond motifs is 4. The first-order valence-corrected chi connectivity index (χ1v) is 16.0. The number of benzene rings is 7. The Morgan fingerprint density at radius 1 is 0.489 bits per heavy atom. The van der Waals surface area contributed by atoms with E-state index >= 15 is 0 Å². The lowest BCUT2D eigenvalue weighted by molar-refractivity contribution is 0.410. The molecule has 224 valence electrons. The number of hydrogen-bond donors (Lipinski definition) is 2. The molecule has 2 N–H and O–H groups in total. The number of amidine groups is 1. The Hall–Kier alpha value is -5.97. The fraction of sp³-hybridized carbons (Fsp3) is 0.0465. The molecule has 0 spiro atoms. The van der Waals surface area contributed by atoms with Gasteiger partial charge in [0.05, 0.1) is 0 Å². The third-order valence-corrected chi connectivity index (χ3v) is 9.17. The third-order valence-electron chi connectivity index (χ3n) is 9.17. The highest BCUT2D eigenvalue weighted by atomic mass is 16.3. The van der Waals surface area contributed by atoms with Crippen LogP contribution in [0.3, 0.4) is 0 Å². The summed E-state index contributed by atoms with van der Waals surface area (Å²) in [5, 5.41) is 12.1. The van der Waals surface area contributed by atoms with Gasteiger partial charge < -0.3 is 9.73 Å². The van der Waals surface area contributed by atoms with Crippen molar-refractivity contribution >= 4 is 38.5 Å². The van der Waals surface area contributed by atoms with E-state index in [0.717, 1.165) is 55.6 Å². The highest BCUT2D eigenvalue weighted by molar-refractivity contribution is 6.08. The van der Waals surface area contributed by atoms with E-state index in [-0.39, 0.29) is 12.3 Å². The maximum Gasteiger partial charge on any atom is 0.135 e. The summed E-state index contributed by atoms with van der Waals surface area (Å²) in [6.07, 6.45) is -0.398. The maximum absolute atomic E-state index is 6.42. The number of nitrogens with one attached hydrogen (secondary N) is 2. The summed E-state index contributed by atoms with van der Waals surface area (Å²) in [7, 11) is 0. The second kappa shape index (κ2) is 11.4. The van der Waals surface area contributed by atoms with Crippen molar-refractivity contribution in [2.45, 2.75) is 12.3 Å². The smallest absolute Gasteiger partial charge is 0.135 e. The largest absolute Gasteiger partial charge is 0.456 e. The molecule has 8 aromatic rings. The summed E-state index contributed by atoms with van der Waals surface area (Å²) in [5.74, 6) is 0.861. The molecule has 0 amide bonds. The zero-order valence-corrected chi connectivity index (χ0v) is 25.6. The van der Waals surface area contributed by atoms with E-state index < -0.39 is 0 Å². The predicted molar refractivity (Wildman–Crippen MR) is 193 cm³/mol. The molecule has 4 heteroatoms.